The fourth-order valence-corrected chi connectivity index (χ4v) is 12.1. The molecule has 0 saturated carbocycles. The van der Waals surface area contributed by atoms with Gasteiger partial charge in [-0.2, -0.15) is 0 Å². The molecule has 1 spiro atoms. The molecular formula is C33H35NO7Si. The monoisotopic (exact) mass is 585 g/mol. The summed E-state index contributed by atoms with van der Waals surface area (Å²) in [4.78, 5) is 29.2. The number of carbonyl (C=O) groups is 2. The van der Waals surface area contributed by atoms with Gasteiger partial charge in [0.15, 0.2) is 11.9 Å². The van der Waals surface area contributed by atoms with Crippen LogP contribution < -0.4 is 15.3 Å². The van der Waals surface area contributed by atoms with Gasteiger partial charge in [-0.3, -0.25) is 14.5 Å². The van der Waals surface area contributed by atoms with Crippen molar-refractivity contribution in [2.45, 2.75) is 75.1 Å². The molecule has 0 radical (unpaired) electrons. The number of aliphatic hydroxyl groups is 1. The maximum atomic E-state index is 14.3. The molecule has 0 bridgehead atoms. The molecule has 1 amide bonds. The molecule has 5 atom stereocenters. The Hall–Kier alpha value is -3.18. The molecule has 1 unspecified atom stereocenters. The zero-order valence-electron chi connectivity index (χ0n) is 24.4. The molecule has 3 fully saturated rings. The van der Waals surface area contributed by atoms with Gasteiger partial charge in [0.2, 0.25) is 17.1 Å². The van der Waals surface area contributed by atoms with Gasteiger partial charge in [0.05, 0.1) is 12.3 Å². The van der Waals surface area contributed by atoms with Crippen molar-refractivity contribution in [2.75, 3.05) is 11.5 Å². The Kier molecular flexibility index (Phi) is 5.87. The number of anilines is 1. The van der Waals surface area contributed by atoms with Crippen LogP contribution in [-0.2, 0) is 23.4 Å². The van der Waals surface area contributed by atoms with E-state index in [1.807, 2.05) is 36.4 Å². The van der Waals surface area contributed by atoms with Crippen LogP contribution in [0, 0.1) is 0 Å². The maximum Gasteiger partial charge on any atom is 0.267 e. The molecule has 3 aromatic rings. The van der Waals surface area contributed by atoms with Crippen molar-refractivity contribution >= 4 is 36.1 Å². The van der Waals surface area contributed by atoms with Gasteiger partial charge in [0.1, 0.15) is 12.2 Å². The SMILES string of the molecule is CC1(C)O[C@H]2[C@H](CO[Si](c3ccccc3)(c3ccccc3)C(C)(C)C)O[C@@H]3C4(O)C(=O)c5ccccc5N4C(=O)[C@@]32O1. The van der Waals surface area contributed by atoms with Crippen LogP contribution in [0.4, 0.5) is 5.69 Å². The summed E-state index contributed by atoms with van der Waals surface area (Å²) in [5.41, 5.74) is -3.35. The van der Waals surface area contributed by atoms with E-state index in [0.29, 0.717) is 5.69 Å². The highest BCUT2D eigenvalue weighted by Crippen LogP contribution is 2.59. The Morgan fingerprint density at radius 3 is 2.07 bits per heavy atom. The van der Waals surface area contributed by atoms with Crippen LogP contribution >= 0.6 is 0 Å². The summed E-state index contributed by atoms with van der Waals surface area (Å²) >= 11 is 0. The van der Waals surface area contributed by atoms with E-state index in [2.05, 4.69) is 45.0 Å². The average Bonchev–Trinajstić information content (AvgIpc) is 3.55. The Morgan fingerprint density at radius 2 is 1.48 bits per heavy atom. The highest BCUT2D eigenvalue weighted by atomic mass is 28.4. The molecule has 0 aromatic heterocycles. The first kappa shape index (κ1) is 27.6. The summed E-state index contributed by atoms with van der Waals surface area (Å²) in [5, 5.41) is 14.0. The van der Waals surface area contributed by atoms with Crippen LogP contribution in [-0.4, -0.2) is 67.1 Å². The number of nitrogens with zero attached hydrogens (tertiary/aromatic N) is 1. The third kappa shape index (κ3) is 3.40. The van der Waals surface area contributed by atoms with E-state index in [9.17, 15) is 14.7 Å². The third-order valence-electron chi connectivity index (χ3n) is 9.13. The lowest BCUT2D eigenvalue weighted by Crippen LogP contribution is -2.67. The topological polar surface area (TPSA) is 94.5 Å². The van der Waals surface area contributed by atoms with E-state index >= 15 is 0 Å². The van der Waals surface area contributed by atoms with E-state index in [-0.39, 0.29) is 17.2 Å². The zero-order chi connectivity index (χ0) is 29.7. The molecule has 8 nitrogen and oxygen atoms in total. The van der Waals surface area contributed by atoms with Crippen LogP contribution in [0.1, 0.15) is 45.0 Å². The van der Waals surface area contributed by atoms with Crippen molar-refractivity contribution in [3.05, 3.63) is 90.5 Å². The van der Waals surface area contributed by atoms with Crippen LogP contribution in [0.3, 0.4) is 0 Å². The fourth-order valence-electron chi connectivity index (χ4n) is 7.57. The number of para-hydroxylation sites is 1. The average molecular weight is 586 g/mol. The Morgan fingerprint density at radius 1 is 0.905 bits per heavy atom. The number of fused-ring (bicyclic) bond motifs is 4. The summed E-state index contributed by atoms with van der Waals surface area (Å²) in [7, 11) is -2.96. The van der Waals surface area contributed by atoms with Gasteiger partial charge in [-0.1, -0.05) is 93.6 Å². The van der Waals surface area contributed by atoms with Crippen molar-refractivity contribution in [3.8, 4) is 0 Å². The fraction of sp³-hybridized carbons (Fsp3) is 0.394. The Labute approximate surface area is 246 Å². The van der Waals surface area contributed by atoms with Crippen LogP contribution in [0.25, 0.3) is 0 Å². The number of hydrogen-bond donors (Lipinski definition) is 1. The highest BCUT2D eigenvalue weighted by molar-refractivity contribution is 6.99. The molecule has 1 N–H and O–H groups in total. The third-order valence-corrected chi connectivity index (χ3v) is 14.1. The standard InChI is InChI=1S/C33H35NO7Si/c1-30(2,3)42(21-14-8-6-9-15-21,22-16-10-7-11-17-22)38-20-25-27-32(41-31(4,5)40-27)28(39-25)33(37)26(35)23-18-12-13-19-24(23)34(33)29(32)36/h6-19,25,27-28,37H,20H2,1-5H3/t25-,27-,28-,32-,33?/m0/s1. The predicted molar refractivity (Wildman–Crippen MR) is 158 cm³/mol. The van der Waals surface area contributed by atoms with Crippen LogP contribution in [0.5, 0.6) is 0 Å². The van der Waals surface area contributed by atoms with E-state index in [4.69, 9.17) is 18.6 Å². The smallest absolute Gasteiger partial charge is 0.267 e. The molecule has 4 aliphatic heterocycles. The predicted octanol–water partition coefficient (Wildman–Crippen LogP) is 3.15. The minimum atomic E-state index is -2.96. The van der Waals surface area contributed by atoms with E-state index in [1.54, 1.807) is 38.1 Å². The van der Waals surface area contributed by atoms with Crippen molar-refractivity contribution in [3.63, 3.8) is 0 Å². The zero-order valence-corrected chi connectivity index (χ0v) is 25.4. The summed E-state index contributed by atoms with van der Waals surface area (Å²) < 4.78 is 26.4. The minimum absolute atomic E-state index is 0.0696. The lowest BCUT2D eigenvalue weighted by atomic mass is 9.87. The first-order chi connectivity index (χ1) is 19.9. The first-order valence-corrected chi connectivity index (χ1v) is 16.3. The molecule has 3 aromatic carbocycles. The van der Waals surface area contributed by atoms with Gasteiger partial charge in [-0.15, -0.1) is 0 Å². The molecular weight excluding hydrogens is 550 g/mol. The second-order valence-corrected chi connectivity index (χ2v) is 17.4. The van der Waals surface area contributed by atoms with Gasteiger partial charge in [0, 0.05) is 5.56 Å². The summed E-state index contributed by atoms with van der Waals surface area (Å²) in [6.07, 6.45) is -3.00. The molecule has 3 saturated heterocycles. The number of ether oxygens (including phenoxy) is 3. The molecule has 42 heavy (non-hydrogen) atoms. The van der Waals surface area contributed by atoms with Crippen molar-refractivity contribution in [1.29, 1.82) is 0 Å². The number of carbonyl (C=O) groups excluding carboxylic acids is 2. The normalized spacial score (nSPS) is 31.2. The number of benzene rings is 3. The first-order valence-electron chi connectivity index (χ1n) is 14.4. The lowest BCUT2D eigenvalue weighted by molar-refractivity contribution is -0.214. The molecule has 218 valence electrons. The second-order valence-electron chi connectivity index (χ2n) is 13.1. The highest BCUT2D eigenvalue weighted by Gasteiger charge is 2.84. The van der Waals surface area contributed by atoms with E-state index in [1.165, 1.54) is 0 Å². The number of ketones is 1. The minimum Gasteiger partial charge on any atom is -0.405 e. The van der Waals surface area contributed by atoms with Gasteiger partial charge < -0.3 is 23.7 Å². The van der Waals surface area contributed by atoms with Gasteiger partial charge in [-0.05, 0) is 41.4 Å². The largest absolute Gasteiger partial charge is 0.405 e. The summed E-state index contributed by atoms with van der Waals surface area (Å²) in [5.74, 6) is -2.29. The summed E-state index contributed by atoms with van der Waals surface area (Å²) in [6, 6.07) is 27.2. The summed E-state index contributed by atoms with van der Waals surface area (Å²) in [6.45, 7) is 10.1. The van der Waals surface area contributed by atoms with Gasteiger partial charge >= 0.3 is 0 Å². The van der Waals surface area contributed by atoms with Gasteiger partial charge in [-0.25, -0.2) is 0 Å². The molecule has 4 aliphatic rings. The second kappa shape index (κ2) is 8.92. The molecule has 9 heteroatoms. The molecule has 4 heterocycles. The number of amides is 1. The lowest BCUT2D eigenvalue weighted by Gasteiger charge is -2.43. The van der Waals surface area contributed by atoms with Crippen LogP contribution in [0.2, 0.25) is 5.04 Å². The Balaban J connectivity index is 1.31. The van der Waals surface area contributed by atoms with Crippen LogP contribution in [0.15, 0.2) is 84.9 Å². The Bertz CT molecular complexity index is 1530. The number of rotatable bonds is 5. The molecule has 7 rings (SSSR count). The number of hydrogen-bond acceptors (Lipinski definition) is 7. The van der Waals surface area contributed by atoms with Crippen molar-refractivity contribution in [1.82, 2.24) is 0 Å². The van der Waals surface area contributed by atoms with Crippen molar-refractivity contribution in [2.24, 2.45) is 0 Å². The van der Waals surface area contributed by atoms with Crippen molar-refractivity contribution < 1.29 is 33.3 Å². The molecule has 0 aliphatic carbocycles. The maximum absolute atomic E-state index is 14.3. The quantitative estimate of drug-likeness (QED) is 0.460. The van der Waals surface area contributed by atoms with E-state index in [0.717, 1.165) is 15.3 Å². The van der Waals surface area contributed by atoms with E-state index < -0.39 is 55.4 Å². The number of Topliss-reactive ketones (excluding diaryl/α,β-unsaturated/α-hetero) is 1. The van der Waals surface area contributed by atoms with Gasteiger partial charge in [0.25, 0.3) is 14.2 Å².